The summed E-state index contributed by atoms with van der Waals surface area (Å²) in [5.74, 6) is -5.01. The Labute approximate surface area is 127 Å². The van der Waals surface area contributed by atoms with Crippen molar-refractivity contribution in [3.63, 3.8) is 0 Å². The lowest BCUT2D eigenvalue weighted by Gasteiger charge is -2.18. The number of Topliss-reactive ketones (excluding diaryl/α,β-unsaturated/α-hetero) is 1. The van der Waals surface area contributed by atoms with Gasteiger partial charge in [-0.15, -0.1) is 0 Å². The lowest BCUT2D eigenvalue weighted by Crippen LogP contribution is -2.46. The molecule has 0 aliphatic heterocycles. The number of carboxylic acid groups (broad SMARTS) is 1. The molecule has 126 valence electrons. The first kappa shape index (κ1) is 20.0. The van der Waals surface area contributed by atoms with Gasteiger partial charge in [0, 0.05) is 19.1 Å². The van der Waals surface area contributed by atoms with Crippen LogP contribution in [0.1, 0.15) is 20.3 Å². The van der Waals surface area contributed by atoms with Crippen molar-refractivity contribution in [1.29, 1.82) is 0 Å². The largest absolute Gasteiger partial charge is 0.481 e. The number of carbonyl (C=O) groups excluding carboxylic acids is 3. The van der Waals surface area contributed by atoms with Gasteiger partial charge in [0.05, 0.1) is 12.2 Å². The maximum atomic E-state index is 11.8. The van der Waals surface area contributed by atoms with Crippen LogP contribution in [0.4, 0.5) is 0 Å². The number of amides is 1. The van der Waals surface area contributed by atoms with Gasteiger partial charge in [-0.1, -0.05) is 6.92 Å². The molecule has 0 spiro atoms. The molecule has 9 nitrogen and oxygen atoms in total. The molecule has 2 unspecified atom stereocenters. The van der Waals surface area contributed by atoms with E-state index < -0.39 is 64.2 Å². The molecule has 0 fully saturated rings. The lowest BCUT2D eigenvalue weighted by molar-refractivity contribution is -0.147. The molecule has 10 heteroatoms. The van der Waals surface area contributed by atoms with Crippen LogP contribution in [0, 0.1) is 5.92 Å². The zero-order valence-electron chi connectivity index (χ0n) is 12.5. The second-order valence-electron chi connectivity index (χ2n) is 4.90. The minimum atomic E-state index is -3.40. The number of rotatable bonds is 9. The van der Waals surface area contributed by atoms with Gasteiger partial charge < -0.3 is 15.2 Å². The lowest BCUT2D eigenvalue weighted by atomic mass is 10.1. The smallest absolute Gasteiger partial charge is 0.305 e. The molecule has 0 aromatic carbocycles. The van der Waals surface area contributed by atoms with Gasteiger partial charge in [0.15, 0.2) is 12.4 Å². The molecule has 2 atom stereocenters. The number of esters is 1. The zero-order valence-corrected chi connectivity index (χ0v) is 13.3. The zero-order chi connectivity index (χ0) is 17.5. The maximum absolute atomic E-state index is 11.8. The van der Waals surface area contributed by atoms with E-state index in [2.05, 4.69) is 10.1 Å². The third kappa shape index (κ3) is 9.06. The fourth-order valence-electron chi connectivity index (χ4n) is 1.54. The van der Waals surface area contributed by atoms with Crippen molar-refractivity contribution in [1.82, 2.24) is 5.32 Å². The molecule has 0 aromatic heterocycles. The van der Waals surface area contributed by atoms with Crippen molar-refractivity contribution in [3.05, 3.63) is 0 Å². The van der Waals surface area contributed by atoms with Crippen LogP contribution in [0.25, 0.3) is 0 Å². The van der Waals surface area contributed by atoms with Crippen LogP contribution in [0.2, 0.25) is 0 Å². The Bertz CT molecular complexity index is 553. The Morgan fingerprint density at radius 2 is 1.77 bits per heavy atom. The van der Waals surface area contributed by atoms with Gasteiger partial charge in [-0.25, -0.2) is 8.42 Å². The van der Waals surface area contributed by atoms with Gasteiger partial charge in [-0.3, -0.25) is 19.2 Å². The van der Waals surface area contributed by atoms with Gasteiger partial charge in [0.2, 0.25) is 5.91 Å². The third-order valence-electron chi connectivity index (χ3n) is 2.50. The topological polar surface area (TPSA) is 144 Å². The fraction of sp³-hybridized carbons (Fsp3) is 0.667. The predicted molar refractivity (Wildman–Crippen MR) is 74.7 cm³/mol. The van der Waals surface area contributed by atoms with E-state index in [0.29, 0.717) is 0 Å². The van der Waals surface area contributed by atoms with E-state index in [-0.39, 0.29) is 0 Å². The van der Waals surface area contributed by atoms with Gasteiger partial charge >= 0.3 is 11.9 Å². The second kappa shape index (κ2) is 8.47. The first-order valence-corrected chi connectivity index (χ1v) is 8.34. The monoisotopic (exact) mass is 337 g/mol. The number of carbonyl (C=O) groups is 4. The summed E-state index contributed by atoms with van der Waals surface area (Å²) >= 11 is 0. The quantitative estimate of drug-likeness (QED) is 0.497. The number of hydrogen-bond donors (Lipinski definition) is 2. The Balaban J connectivity index is 4.83. The average Bonchev–Trinajstić information content (AvgIpc) is 2.32. The second-order valence-corrected chi connectivity index (χ2v) is 7.08. The highest BCUT2D eigenvalue weighted by Gasteiger charge is 2.27. The van der Waals surface area contributed by atoms with Gasteiger partial charge in [-0.05, 0) is 0 Å². The summed E-state index contributed by atoms with van der Waals surface area (Å²) in [5.41, 5.74) is 0. The Kier molecular flexibility index (Phi) is 7.71. The van der Waals surface area contributed by atoms with E-state index in [4.69, 9.17) is 5.11 Å². The van der Waals surface area contributed by atoms with Gasteiger partial charge in [-0.2, -0.15) is 0 Å². The van der Waals surface area contributed by atoms with Crippen LogP contribution in [0.5, 0.6) is 0 Å². The summed E-state index contributed by atoms with van der Waals surface area (Å²) in [6.45, 7) is 1.74. The minimum Gasteiger partial charge on any atom is -0.481 e. The molecule has 0 saturated heterocycles. The molecule has 0 aliphatic carbocycles. The van der Waals surface area contributed by atoms with E-state index in [1.165, 1.54) is 6.92 Å². The predicted octanol–water partition coefficient (Wildman–Crippen LogP) is -1.24. The van der Waals surface area contributed by atoms with Crippen LogP contribution in [0.15, 0.2) is 0 Å². The highest BCUT2D eigenvalue weighted by molar-refractivity contribution is 7.90. The molecular weight excluding hydrogens is 318 g/mol. The SMILES string of the molecule is CC(=O)OCC(=O)C(CC(=O)O)NC(=O)C(C)CS(C)(=O)=O. The van der Waals surface area contributed by atoms with E-state index >= 15 is 0 Å². The normalized spacial score (nSPS) is 13.8. The molecule has 0 aromatic rings. The summed E-state index contributed by atoms with van der Waals surface area (Å²) < 4.78 is 26.7. The molecular formula is C12H19NO8S. The number of nitrogens with one attached hydrogen (secondary N) is 1. The number of carboxylic acids is 1. The van der Waals surface area contributed by atoms with E-state index in [9.17, 15) is 27.6 Å². The van der Waals surface area contributed by atoms with E-state index in [1.54, 1.807) is 0 Å². The van der Waals surface area contributed by atoms with Crippen molar-refractivity contribution < 1.29 is 37.4 Å². The number of hydrogen-bond acceptors (Lipinski definition) is 7. The molecule has 2 N–H and O–H groups in total. The van der Waals surface area contributed by atoms with Crippen LogP contribution in [0.3, 0.4) is 0 Å². The maximum Gasteiger partial charge on any atom is 0.305 e. The van der Waals surface area contributed by atoms with Crippen molar-refractivity contribution in [2.24, 2.45) is 5.92 Å². The van der Waals surface area contributed by atoms with Crippen molar-refractivity contribution in [3.8, 4) is 0 Å². The number of sulfone groups is 1. The summed E-state index contributed by atoms with van der Waals surface area (Å²) in [4.78, 5) is 44.9. The average molecular weight is 337 g/mol. The van der Waals surface area contributed by atoms with E-state index in [1.807, 2.05) is 0 Å². The first-order valence-electron chi connectivity index (χ1n) is 6.28. The van der Waals surface area contributed by atoms with Crippen molar-refractivity contribution in [2.45, 2.75) is 26.3 Å². The molecule has 0 rings (SSSR count). The summed E-state index contributed by atoms with van der Waals surface area (Å²) in [6, 6.07) is -1.40. The van der Waals surface area contributed by atoms with Crippen LogP contribution in [-0.2, 0) is 33.8 Å². The third-order valence-corrected chi connectivity index (χ3v) is 3.61. The Hall–Kier alpha value is -1.97. The van der Waals surface area contributed by atoms with Crippen molar-refractivity contribution in [2.75, 3.05) is 18.6 Å². The molecule has 22 heavy (non-hydrogen) atoms. The Morgan fingerprint density at radius 1 is 1.23 bits per heavy atom. The van der Waals surface area contributed by atoms with Crippen LogP contribution in [-0.4, -0.2) is 61.8 Å². The first-order chi connectivity index (χ1) is 9.92. The molecule has 0 radical (unpaired) electrons. The summed E-state index contributed by atoms with van der Waals surface area (Å²) in [6.07, 6.45) is 0.259. The summed E-state index contributed by atoms with van der Waals surface area (Å²) in [7, 11) is -3.40. The number of ketones is 1. The standard InChI is InChI=1S/C12H19NO8S/c1-7(6-22(3,19)20)12(18)13-9(4-11(16)17)10(15)5-21-8(2)14/h7,9H,4-6H2,1-3H3,(H,13,18)(H,16,17). The van der Waals surface area contributed by atoms with E-state index in [0.717, 1.165) is 13.2 Å². The van der Waals surface area contributed by atoms with Crippen molar-refractivity contribution >= 4 is 33.5 Å². The van der Waals surface area contributed by atoms with Crippen LogP contribution >= 0.6 is 0 Å². The fourth-order valence-corrected chi connectivity index (χ4v) is 2.60. The van der Waals surface area contributed by atoms with Gasteiger partial charge in [0.1, 0.15) is 15.9 Å². The molecule has 0 heterocycles. The highest BCUT2D eigenvalue weighted by atomic mass is 32.2. The molecule has 0 bridgehead atoms. The molecule has 1 amide bonds. The van der Waals surface area contributed by atoms with Crippen LogP contribution < -0.4 is 5.32 Å². The van der Waals surface area contributed by atoms with Gasteiger partial charge in [0.25, 0.3) is 0 Å². The molecule has 0 aliphatic rings. The highest BCUT2D eigenvalue weighted by Crippen LogP contribution is 2.03. The number of ether oxygens (including phenoxy) is 1. The summed E-state index contributed by atoms with van der Waals surface area (Å²) in [5, 5.41) is 10.9. The number of aliphatic carboxylic acids is 1. The minimum absolute atomic E-state index is 0.434. The Morgan fingerprint density at radius 3 is 2.18 bits per heavy atom. The molecule has 0 saturated carbocycles.